The van der Waals surface area contributed by atoms with Crippen molar-refractivity contribution in [3.63, 3.8) is 0 Å². The van der Waals surface area contributed by atoms with Gasteiger partial charge in [0.25, 0.3) is 5.67 Å². The summed E-state index contributed by atoms with van der Waals surface area (Å²) in [7, 11) is 0. The van der Waals surface area contributed by atoms with Crippen molar-refractivity contribution < 1.29 is 35.8 Å². The molecule has 0 heterocycles. The molecule has 0 fully saturated rings. The molecule has 0 aliphatic heterocycles. The van der Waals surface area contributed by atoms with Gasteiger partial charge in [0, 0.05) is 22.5 Å². The molecule has 6 nitrogen and oxygen atoms in total. The summed E-state index contributed by atoms with van der Waals surface area (Å²) in [6.07, 6.45) is -5.99. The van der Waals surface area contributed by atoms with Crippen molar-refractivity contribution in [3.05, 3.63) is 96.1 Å². The number of nitrogen functional groups attached to an aromatic ring is 4. The van der Waals surface area contributed by atoms with E-state index in [0.717, 1.165) is 24.3 Å². The third-order valence-corrected chi connectivity index (χ3v) is 5.82. The molecule has 0 aliphatic carbocycles. The molecule has 4 aromatic carbocycles. The predicted molar refractivity (Wildman–Crippen MR) is 136 cm³/mol. The molecule has 0 spiro atoms. The third kappa shape index (κ3) is 5.17. The van der Waals surface area contributed by atoms with E-state index >= 15 is 13.2 Å². The van der Waals surface area contributed by atoms with Gasteiger partial charge < -0.3 is 32.4 Å². The number of benzene rings is 4. The van der Waals surface area contributed by atoms with Crippen LogP contribution in [0.2, 0.25) is 0 Å². The monoisotopic (exact) mass is 548 g/mol. The summed E-state index contributed by atoms with van der Waals surface area (Å²) < 4.78 is 99.3. The van der Waals surface area contributed by atoms with E-state index in [0.29, 0.717) is 35.6 Å². The van der Waals surface area contributed by atoms with Crippen molar-refractivity contribution >= 4 is 22.7 Å². The molecule has 0 saturated heterocycles. The molecular weight excluding hydrogens is 526 g/mol. The first-order valence-electron chi connectivity index (χ1n) is 11.2. The lowest BCUT2D eigenvalue weighted by atomic mass is 9.84. The molecule has 1 atom stereocenters. The van der Waals surface area contributed by atoms with Gasteiger partial charge in [-0.05, 0) is 72.8 Å². The normalized spacial score (nSPS) is 13.5. The van der Waals surface area contributed by atoms with Crippen molar-refractivity contribution in [2.45, 2.75) is 17.8 Å². The number of nitrogens with two attached hydrogens (primary N) is 4. The van der Waals surface area contributed by atoms with E-state index in [2.05, 4.69) is 0 Å². The van der Waals surface area contributed by atoms with E-state index in [4.69, 9.17) is 32.4 Å². The molecular formula is C27H22F6N4O2. The molecule has 0 saturated carbocycles. The number of anilines is 4. The number of rotatable bonds is 7. The van der Waals surface area contributed by atoms with Crippen LogP contribution in [-0.2, 0) is 11.6 Å². The Balaban J connectivity index is 1.63. The van der Waals surface area contributed by atoms with Crippen LogP contribution >= 0.6 is 0 Å². The second-order valence-electron chi connectivity index (χ2n) is 8.58. The highest BCUT2D eigenvalue weighted by atomic mass is 19.4. The average molecular weight is 548 g/mol. The Bertz CT molecular complexity index is 1480. The minimum atomic E-state index is -5.99. The van der Waals surface area contributed by atoms with Gasteiger partial charge in [0.1, 0.15) is 23.0 Å². The minimum absolute atomic E-state index is 0.0223. The molecule has 0 bridgehead atoms. The Labute approximate surface area is 218 Å². The van der Waals surface area contributed by atoms with E-state index < -0.39 is 28.9 Å². The maximum Gasteiger partial charge on any atom is 0.433 e. The van der Waals surface area contributed by atoms with Gasteiger partial charge in [-0.15, -0.1) is 0 Å². The van der Waals surface area contributed by atoms with Crippen molar-refractivity contribution in [2.24, 2.45) is 0 Å². The van der Waals surface area contributed by atoms with Crippen LogP contribution in [0.1, 0.15) is 11.1 Å². The Morgan fingerprint density at radius 3 is 1.23 bits per heavy atom. The van der Waals surface area contributed by atoms with Crippen molar-refractivity contribution in [1.82, 2.24) is 0 Å². The number of hydrogen-bond acceptors (Lipinski definition) is 6. The van der Waals surface area contributed by atoms with E-state index in [1.54, 1.807) is 0 Å². The fourth-order valence-corrected chi connectivity index (χ4v) is 3.78. The number of alkyl halides is 6. The molecule has 0 radical (unpaired) electrons. The number of ether oxygens (including phenoxy) is 2. The lowest BCUT2D eigenvalue weighted by Crippen LogP contribution is -2.51. The van der Waals surface area contributed by atoms with Crippen LogP contribution in [0.3, 0.4) is 0 Å². The van der Waals surface area contributed by atoms with Crippen LogP contribution in [0, 0.1) is 0 Å². The van der Waals surface area contributed by atoms with Gasteiger partial charge >= 0.3 is 12.1 Å². The van der Waals surface area contributed by atoms with Crippen molar-refractivity contribution in [3.8, 4) is 23.0 Å². The van der Waals surface area contributed by atoms with Gasteiger partial charge in [-0.2, -0.15) is 22.0 Å². The number of hydrogen-bond donors (Lipinski definition) is 4. The largest absolute Gasteiger partial charge is 0.455 e. The third-order valence-electron chi connectivity index (χ3n) is 5.82. The second-order valence-corrected chi connectivity index (χ2v) is 8.58. The lowest BCUT2D eigenvalue weighted by molar-refractivity contribution is -0.314. The summed E-state index contributed by atoms with van der Waals surface area (Å²) in [6.45, 7) is 0. The zero-order valence-electron chi connectivity index (χ0n) is 20.0. The summed E-state index contributed by atoms with van der Waals surface area (Å²) in [4.78, 5) is 0. The molecule has 4 aromatic rings. The Morgan fingerprint density at radius 1 is 0.487 bits per heavy atom. The highest BCUT2D eigenvalue weighted by Crippen LogP contribution is 2.57. The maximum absolute atomic E-state index is 15.7. The van der Waals surface area contributed by atoms with E-state index in [-0.39, 0.29) is 34.4 Å². The van der Waals surface area contributed by atoms with Gasteiger partial charge in [-0.25, -0.2) is 4.39 Å². The zero-order chi connectivity index (χ0) is 28.6. The maximum atomic E-state index is 15.7. The summed E-state index contributed by atoms with van der Waals surface area (Å²) in [5.41, 5.74) is 16.1. The van der Waals surface area contributed by atoms with Crippen molar-refractivity contribution in [2.75, 3.05) is 22.9 Å². The molecule has 39 heavy (non-hydrogen) atoms. The standard InChI is InChI=1S/C27H22F6N4O2/c28-25(27(31,32)33,15-1-7-19(8-2-15)38-23-11-5-17(34)13-21(23)36)26(29,30)16-3-9-20(10-4-16)39-24-12-6-18(35)14-22(24)37/h1-14H,34-37H2. The van der Waals surface area contributed by atoms with Crippen LogP contribution in [0.4, 0.5) is 49.1 Å². The highest BCUT2D eigenvalue weighted by molar-refractivity contribution is 5.62. The zero-order valence-corrected chi connectivity index (χ0v) is 20.0. The fourth-order valence-electron chi connectivity index (χ4n) is 3.78. The van der Waals surface area contributed by atoms with Gasteiger partial charge in [0.15, 0.2) is 0 Å². The molecule has 4 rings (SSSR count). The molecule has 12 heteroatoms. The summed E-state index contributed by atoms with van der Waals surface area (Å²) >= 11 is 0. The summed E-state index contributed by atoms with van der Waals surface area (Å²) in [5, 5.41) is 0. The molecule has 0 aromatic heterocycles. The smallest absolute Gasteiger partial charge is 0.433 e. The quantitative estimate of drug-likeness (QED) is 0.144. The molecule has 8 N–H and O–H groups in total. The van der Waals surface area contributed by atoms with Crippen molar-refractivity contribution in [1.29, 1.82) is 0 Å². The summed E-state index contributed by atoms with van der Waals surface area (Å²) in [6, 6.07) is 14.8. The van der Waals surface area contributed by atoms with E-state index in [9.17, 15) is 13.2 Å². The van der Waals surface area contributed by atoms with E-state index in [1.165, 1.54) is 36.4 Å². The first kappa shape index (κ1) is 27.3. The molecule has 204 valence electrons. The Morgan fingerprint density at radius 2 is 0.872 bits per heavy atom. The highest BCUT2D eigenvalue weighted by Gasteiger charge is 2.72. The molecule has 1 unspecified atom stereocenters. The Hall–Kier alpha value is -4.74. The first-order valence-corrected chi connectivity index (χ1v) is 11.2. The summed E-state index contributed by atoms with van der Waals surface area (Å²) in [5.74, 6) is -4.86. The van der Waals surface area contributed by atoms with Gasteiger partial charge in [-0.1, -0.05) is 12.1 Å². The van der Waals surface area contributed by atoms with Crippen LogP contribution in [0.5, 0.6) is 23.0 Å². The van der Waals surface area contributed by atoms with E-state index in [1.807, 2.05) is 0 Å². The van der Waals surface area contributed by atoms with Crippen LogP contribution in [-0.4, -0.2) is 6.18 Å². The van der Waals surface area contributed by atoms with Gasteiger partial charge in [0.2, 0.25) is 0 Å². The van der Waals surface area contributed by atoms with Crippen LogP contribution < -0.4 is 32.4 Å². The molecule has 0 aliphatic rings. The van der Waals surface area contributed by atoms with Crippen LogP contribution in [0.25, 0.3) is 0 Å². The predicted octanol–water partition coefficient (Wildman–Crippen LogP) is 7.12. The lowest BCUT2D eigenvalue weighted by Gasteiger charge is -2.35. The fraction of sp³-hybridized carbons (Fsp3) is 0.111. The topological polar surface area (TPSA) is 123 Å². The first-order chi connectivity index (χ1) is 18.2. The SMILES string of the molecule is Nc1ccc(Oc2ccc(C(F)(F)C(F)(c3ccc(Oc4ccc(N)cc4N)cc3)C(F)(F)F)cc2)c(N)c1. The Kier molecular flexibility index (Phi) is 6.90. The van der Waals surface area contributed by atoms with Gasteiger partial charge in [-0.3, -0.25) is 0 Å². The van der Waals surface area contributed by atoms with Gasteiger partial charge in [0.05, 0.1) is 11.4 Å². The minimum Gasteiger partial charge on any atom is -0.455 e. The number of halogens is 6. The average Bonchev–Trinajstić information content (AvgIpc) is 2.87. The molecule has 0 amide bonds. The van der Waals surface area contributed by atoms with Crippen LogP contribution in [0.15, 0.2) is 84.9 Å². The second kappa shape index (κ2) is 9.86.